The molecule has 3 rings (SSSR count). The van der Waals surface area contributed by atoms with Gasteiger partial charge < -0.3 is 29.5 Å². The van der Waals surface area contributed by atoms with Gasteiger partial charge in [-0.25, -0.2) is 0 Å². The maximum atomic E-state index is 10.5. The Bertz CT molecular complexity index is 809. The normalized spacial score (nSPS) is 16.1. The van der Waals surface area contributed by atoms with Crippen molar-refractivity contribution in [1.82, 2.24) is 15.1 Å². The van der Waals surface area contributed by atoms with E-state index in [9.17, 15) is 5.11 Å². The zero-order chi connectivity index (χ0) is 22.1. The second-order valence-electron chi connectivity index (χ2n) is 8.00. The number of benzene rings is 2. The molecule has 2 aromatic carbocycles. The van der Waals surface area contributed by atoms with Crippen LogP contribution in [0.5, 0.6) is 17.2 Å². The first-order valence-electron chi connectivity index (χ1n) is 10.8. The molecule has 7 heteroatoms. The summed E-state index contributed by atoms with van der Waals surface area (Å²) in [6, 6.07) is 13.8. The monoisotopic (exact) mass is 429 g/mol. The molecule has 1 heterocycles. The van der Waals surface area contributed by atoms with Crippen molar-refractivity contribution in [2.45, 2.75) is 19.2 Å². The van der Waals surface area contributed by atoms with Gasteiger partial charge in [-0.15, -0.1) is 0 Å². The van der Waals surface area contributed by atoms with Gasteiger partial charge in [-0.05, 0) is 30.8 Å². The highest BCUT2D eigenvalue weighted by molar-refractivity contribution is 5.41. The lowest BCUT2D eigenvalue weighted by Crippen LogP contribution is -2.47. The molecule has 0 bridgehead atoms. The number of ether oxygens (including phenoxy) is 3. The number of nitrogens with zero attached hydrogens (tertiary/aromatic N) is 2. The predicted molar refractivity (Wildman–Crippen MR) is 122 cm³/mol. The molecular formula is C24H35N3O4. The van der Waals surface area contributed by atoms with Gasteiger partial charge in [-0.2, -0.15) is 0 Å². The Morgan fingerprint density at radius 3 is 2.45 bits per heavy atom. The quantitative estimate of drug-likeness (QED) is 0.566. The van der Waals surface area contributed by atoms with Gasteiger partial charge in [-0.3, -0.25) is 4.90 Å². The molecule has 0 saturated carbocycles. The first kappa shape index (κ1) is 23.3. The summed E-state index contributed by atoms with van der Waals surface area (Å²) in [6.45, 7) is 6.26. The number of nitrogens with one attached hydrogen (secondary N) is 1. The zero-order valence-electron chi connectivity index (χ0n) is 18.8. The number of piperazine rings is 1. The van der Waals surface area contributed by atoms with Crippen LogP contribution in [0, 0.1) is 0 Å². The highest BCUT2D eigenvalue weighted by Gasteiger charge is 2.18. The Balaban J connectivity index is 1.53. The van der Waals surface area contributed by atoms with E-state index in [2.05, 4.69) is 28.2 Å². The second-order valence-corrected chi connectivity index (χ2v) is 8.00. The third-order valence-corrected chi connectivity index (χ3v) is 5.55. The maximum absolute atomic E-state index is 10.5. The molecule has 0 radical (unpaired) electrons. The van der Waals surface area contributed by atoms with Crippen LogP contribution in [0.2, 0.25) is 0 Å². The van der Waals surface area contributed by atoms with E-state index >= 15 is 0 Å². The van der Waals surface area contributed by atoms with Crippen LogP contribution in [0.25, 0.3) is 0 Å². The SMILES string of the molecule is COc1cccc(CNCc2ccc(OC)cc2OC[C@@H](O)CN2CCN(C)CC2)c1. The molecule has 0 amide bonds. The summed E-state index contributed by atoms with van der Waals surface area (Å²) >= 11 is 0. The van der Waals surface area contributed by atoms with Crippen molar-refractivity contribution in [3.05, 3.63) is 53.6 Å². The van der Waals surface area contributed by atoms with Crippen molar-refractivity contribution in [1.29, 1.82) is 0 Å². The largest absolute Gasteiger partial charge is 0.497 e. The topological polar surface area (TPSA) is 66.4 Å². The van der Waals surface area contributed by atoms with Crippen LogP contribution >= 0.6 is 0 Å². The molecule has 1 atom stereocenters. The summed E-state index contributed by atoms with van der Waals surface area (Å²) in [6.07, 6.45) is -0.535. The van der Waals surface area contributed by atoms with E-state index in [1.54, 1.807) is 14.2 Å². The van der Waals surface area contributed by atoms with Crippen molar-refractivity contribution >= 4 is 0 Å². The van der Waals surface area contributed by atoms with Crippen LogP contribution in [0.4, 0.5) is 0 Å². The van der Waals surface area contributed by atoms with Gasteiger partial charge in [0.05, 0.1) is 14.2 Å². The summed E-state index contributed by atoms with van der Waals surface area (Å²) in [7, 11) is 5.44. The fourth-order valence-corrected chi connectivity index (χ4v) is 3.63. The number of hydrogen-bond acceptors (Lipinski definition) is 7. The number of aliphatic hydroxyl groups excluding tert-OH is 1. The number of likely N-dealkylation sites (N-methyl/N-ethyl adjacent to an activating group) is 1. The third kappa shape index (κ3) is 7.40. The molecule has 170 valence electrons. The van der Waals surface area contributed by atoms with E-state index in [1.165, 1.54) is 0 Å². The highest BCUT2D eigenvalue weighted by atomic mass is 16.5. The Kier molecular flexibility index (Phi) is 8.97. The summed E-state index contributed by atoms with van der Waals surface area (Å²) in [5.74, 6) is 2.32. The zero-order valence-corrected chi connectivity index (χ0v) is 18.8. The third-order valence-electron chi connectivity index (χ3n) is 5.55. The Hall–Kier alpha value is -2.32. The van der Waals surface area contributed by atoms with Crippen molar-refractivity contribution in [2.24, 2.45) is 0 Å². The first-order valence-corrected chi connectivity index (χ1v) is 10.8. The summed E-state index contributed by atoms with van der Waals surface area (Å²) in [4.78, 5) is 4.59. The van der Waals surface area contributed by atoms with Crippen molar-refractivity contribution in [2.75, 3.05) is 60.6 Å². The van der Waals surface area contributed by atoms with Crippen molar-refractivity contribution in [3.63, 3.8) is 0 Å². The number of aliphatic hydroxyl groups is 1. The molecular weight excluding hydrogens is 394 g/mol. The van der Waals surface area contributed by atoms with Gasteiger partial charge in [0.25, 0.3) is 0 Å². The van der Waals surface area contributed by atoms with E-state index < -0.39 is 6.10 Å². The van der Waals surface area contributed by atoms with Gasteiger partial charge >= 0.3 is 0 Å². The van der Waals surface area contributed by atoms with E-state index in [-0.39, 0.29) is 6.61 Å². The van der Waals surface area contributed by atoms with E-state index in [4.69, 9.17) is 14.2 Å². The smallest absolute Gasteiger partial charge is 0.127 e. The molecule has 1 aliphatic heterocycles. The molecule has 0 aliphatic carbocycles. The number of hydrogen-bond donors (Lipinski definition) is 2. The van der Waals surface area contributed by atoms with Crippen LogP contribution in [-0.4, -0.2) is 81.6 Å². The average molecular weight is 430 g/mol. The Morgan fingerprint density at radius 1 is 0.968 bits per heavy atom. The van der Waals surface area contributed by atoms with Crippen LogP contribution < -0.4 is 19.5 Å². The molecule has 7 nitrogen and oxygen atoms in total. The second kappa shape index (κ2) is 11.9. The Morgan fingerprint density at radius 2 is 1.71 bits per heavy atom. The van der Waals surface area contributed by atoms with E-state index in [0.29, 0.717) is 19.6 Å². The molecule has 1 saturated heterocycles. The molecule has 31 heavy (non-hydrogen) atoms. The van der Waals surface area contributed by atoms with Crippen LogP contribution in [0.15, 0.2) is 42.5 Å². The average Bonchev–Trinajstić information content (AvgIpc) is 2.80. The molecule has 0 unspecified atom stereocenters. The first-order chi connectivity index (χ1) is 15.1. The molecule has 1 fully saturated rings. The summed E-state index contributed by atoms with van der Waals surface area (Å²) in [5, 5.41) is 13.9. The van der Waals surface area contributed by atoms with Gasteiger partial charge in [0.1, 0.15) is 30.0 Å². The summed E-state index contributed by atoms with van der Waals surface area (Å²) < 4.78 is 16.7. The minimum Gasteiger partial charge on any atom is -0.497 e. The maximum Gasteiger partial charge on any atom is 0.127 e. The highest BCUT2D eigenvalue weighted by Crippen LogP contribution is 2.25. The lowest BCUT2D eigenvalue weighted by Gasteiger charge is -2.33. The van der Waals surface area contributed by atoms with Gasteiger partial charge in [0.2, 0.25) is 0 Å². The van der Waals surface area contributed by atoms with Gasteiger partial charge in [0, 0.05) is 57.4 Å². The number of β-amino-alcohol motifs (C(OH)–C–C–N with tert-alkyl or cyclic N) is 1. The molecule has 2 aromatic rings. The summed E-state index contributed by atoms with van der Waals surface area (Å²) in [5.41, 5.74) is 2.17. The van der Waals surface area contributed by atoms with Crippen molar-refractivity contribution in [3.8, 4) is 17.2 Å². The Labute approximate surface area is 185 Å². The van der Waals surface area contributed by atoms with Crippen LogP contribution in [-0.2, 0) is 13.1 Å². The fourth-order valence-electron chi connectivity index (χ4n) is 3.63. The predicted octanol–water partition coefficient (Wildman–Crippen LogP) is 1.98. The molecule has 0 spiro atoms. The van der Waals surface area contributed by atoms with Crippen molar-refractivity contribution < 1.29 is 19.3 Å². The molecule has 0 aromatic heterocycles. The fraction of sp³-hybridized carbons (Fsp3) is 0.500. The van der Waals surface area contributed by atoms with Crippen LogP contribution in [0.3, 0.4) is 0 Å². The molecule has 1 aliphatic rings. The minimum absolute atomic E-state index is 0.252. The standard InChI is InChI=1S/C24H35N3O4/c1-26-9-11-27(12-10-26)17-21(28)18-31-24-14-23(30-3)8-7-20(24)16-25-15-19-5-4-6-22(13-19)29-2/h4-8,13-14,21,25,28H,9-12,15-18H2,1-3H3/t21-/m0/s1. The molecule has 2 N–H and O–H groups in total. The van der Waals surface area contributed by atoms with Gasteiger partial charge in [-0.1, -0.05) is 18.2 Å². The minimum atomic E-state index is -0.535. The van der Waals surface area contributed by atoms with E-state index in [0.717, 1.165) is 54.6 Å². The van der Waals surface area contributed by atoms with Crippen LogP contribution in [0.1, 0.15) is 11.1 Å². The number of methoxy groups -OCH3 is 2. The van der Waals surface area contributed by atoms with Gasteiger partial charge in [0.15, 0.2) is 0 Å². The lowest BCUT2D eigenvalue weighted by atomic mass is 10.1. The number of rotatable bonds is 11. The van der Waals surface area contributed by atoms with E-state index in [1.807, 2.05) is 36.4 Å². The lowest BCUT2D eigenvalue weighted by molar-refractivity contribution is 0.0501.